The number of hydrogen-bond acceptors (Lipinski definition) is 4. The number of benzene rings is 1. The van der Waals surface area contributed by atoms with Crippen LogP contribution in [0.5, 0.6) is 0 Å². The maximum absolute atomic E-state index is 6.13. The van der Waals surface area contributed by atoms with Crippen molar-refractivity contribution in [3.63, 3.8) is 0 Å². The summed E-state index contributed by atoms with van der Waals surface area (Å²) in [6.45, 7) is 4.12. The highest BCUT2D eigenvalue weighted by Gasteiger charge is 2.26. The maximum atomic E-state index is 6.13. The van der Waals surface area contributed by atoms with Crippen LogP contribution in [0.15, 0.2) is 30.3 Å². The smallest absolute Gasteiger partial charge is 0.203 e. The lowest BCUT2D eigenvalue weighted by Gasteiger charge is -2.28. The molecule has 1 aromatic heterocycles. The third-order valence-electron chi connectivity index (χ3n) is 2.85. The predicted octanol–water partition coefficient (Wildman–Crippen LogP) is 3.67. The highest BCUT2D eigenvalue weighted by atomic mass is 35.5. The molecule has 0 saturated heterocycles. The van der Waals surface area contributed by atoms with Crippen LogP contribution >= 0.6 is 23.1 Å². The van der Waals surface area contributed by atoms with Crippen LogP contribution in [0.25, 0.3) is 0 Å². The Hall–Kier alpha value is -1.13. The molecule has 0 amide bonds. The van der Waals surface area contributed by atoms with Gasteiger partial charge in [0, 0.05) is 23.8 Å². The van der Waals surface area contributed by atoms with Gasteiger partial charge in [-0.05, 0) is 12.5 Å². The lowest BCUT2D eigenvalue weighted by Crippen LogP contribution is -2.33. The Morgan fingerprint density at radius 2 is 2.06 bits per heavy atom. The summed E-state index contributed by atoms with van der Waals surface area (Å²) in [4.78, 5) is 4.42. The molecule has 18 heavy (non-hydrogen) atoms. The lowest BCUT2D eigenvalue weighted by molar-refractivity contribution is 0.616. The second kappa shape index (κ2) is 5.67. The number of halogens is 1. The number of anilines is 1. The minimum atomic E-state index is -0.326. The second-order valence-corrected chi connectivity index (χ2v) is 5.35. The molecule has 2 rings (SSSR count). The predicted molar refractivity (Wildman–Crippen MR) is 77.4 cm³/mol. The summed E-state index contributed by atoms with van der Waals surface area (Å²) in [5.41, 5.74) is 0.820. The normalized spacial score (nSPS) is 14.2. The molecule has 0 aliphatic rings. The molecule has 0 bridgehead atoms. The summed E-state index contributed by atoms with van der Waals surface area (Å²) in [5, 5.41) is 4.21. The van der Waals surface area contributed by atoms with E-state index >= 15 is 0 Å². The first-order chi connectivity index (χ1) is 8.68. The van der Waals surface area contributed by atoms with Gasteiger partial charge in [0.25, 0.3) is 0 Å². The molecule has 3 nitrogen and oxygen atoms in total. The van der Waals surface area contributed by atoms with Crippen molar-refractivity contribution in [3.05, 3.63) is 41.7 Å². The fourth-order valence-corrected chi connectivity index (χ4v) is 2.67. The fraction of sp³-hybridized carbons (Fsp3) is 0.385. The minimum absolute atomic E-state index is 0.326. The van der Waals surface area contributed by atoms with Crippen molar-refractivity contribution in [3.8, 4) is 0 Å². The SMILES string of the molecule is CCc1nsc(NC(C)(CCl)c2ccccc2)n1. The van der Waals surface area contributed by atoms with Gasteiger partial charge in [-0.3, -0.25) is 0 Å². The second-order valence-electron chi connectivity index (χ2n) is 4.33. The number of rotatable bonds is 5. The van der Waals surface area contributed by atoms with Crippen molar-refractivity contribution in [1.82, 2.24) is 9.36 Å². The van der Waals surface area contributed by atoms with Gasteiger partial charge in [-0.15, -0.1) is 11.6 Å². The topological polar surface area (TPSA) is 37.8 Å². The van der Waals surface area contributed by atoms with Gasteiger partial charge in [-0.2, -0.15) is 4.37 Å². The highest BCUT2D eigenvalue weighted by molar-refractivity contribution is 7.09. The summed E-state index contributed by atoms with van der Waals surface area (Å²) >= 11 is 7.51. The molecular formula is C13H16ClN3S. The van der Waals surface area contributed by atoms with Gasteiger partial charge < -0.3 is 5.32 Å². The van der Waals surface area contributed by atoms with E-state index in [0.29, 0.717) is 5.88 Å². The third kappa shape index (κ3) is 2.82. The Balaban J connectivity index is 2.23. The molecule has 0 radical (unpaired) electrons. The number of nitrogens with one attached hydrogen (secondary N) is 1. The molecule has 1 atom stereocenters. The Labute approximate surface area is 116 Å². The van der Waals surface area contributed by atoms with Gasteiger partial charge in [0.2, 0.25) is 5.13 Å². The van der Waals surface area contributed by atoms with E-state index in [1.807, 2.05) is 25.1 Å². The molecule has 1 N–H and O–H groups in total. The lowest BCUT2D eigenvalue weighted by atomic mass is 9.94. The molecule has 5 heteroatoms. The first-order valence-electron chi connectivity index (χ1n) is 5.90. The summed E-state index contributed by atoms with van der Waals surface area (Å²) in [6.07, 6.45) is 0.848. The van der Waals surface area contributed by atoms with Crippen molar-refractivity contribution in [2.45, 2.75) is 25.8 Å². The van der Waals surface area contributed by atoms with E-state index in [-0.39, 0.29) is 5.54 Å². The van der Waals surface area contributed by atoms with Crippen LogP contribution in [-0.4, -0.2) is 15.2 Å². The minimum Gasteiger partial charge on any atom is -0.350 e. The molecule has 0 saturated carbocycles. The molecular weight excluding hydrogens is 266 g/mol. The first-order valence-corrected chi connectivity index (χ1v) is 7.21. The summed E-state index contributed by atoms with van der Waals surface area (Å²) < 4.78 is 4.27. The van der Waals surface area contributed by atoms with E-state index in [2.05, 4.69) is 33.7 Å². The molecule has 0 aliphatic carbocycles. The fourth-order valence-electron chi connectivity index (χ4n) is 1.67. The maximum Gasteiger partial charge on any atom is 0.203 e. The Morgan fingerprint density at radius 3 is 2.61 bits per heavy atom. The van der Waals surface area contributed by atoms with Gasteiger partial charge in [0.05, 0.1) is 5.54 Å². The van der Waals surface area contributed by atoms with Gasteiger partial charge in [-0.1, -0.05) is 37.3 Å². The molecule has 1 heterocycles. The zero-order chi connectivity index (χ0) is 13.0. The first kappa shape index (κ1) is 13.3. The zero-order valence-electron chi connectivity index (χ0n) is 10.5. The van der Waals surface area contributed by atoms with E-state index in [1.54, 1.807) is 0 Å². The summed E-state index contributed by atoms with van der Waals surface area (Å²) in [7, 11) is 0. The van der Waals surface area contributed by atoms with Crippen LogP contribution < -0.4 is 5.32 Å². The molecule has 2 aromatic rings. The van der Waals surface area contributed by atoms with E-state index in [0.717, 1.165) is 22.9 Å². The van der Waals surface area contributed by atoms with Crippen LogP contribution in [-0.2, 0) is 12.0 Å². The largest absolute Gasteiger partial charge is 0.350 e. The van der Waals surface area contributed by atoms with Gasteiger partial charge in [0.15, 0.2) is 0 Å². The summed E-state index contributed by atoms with van der Waals surface area (Å²) in [5.74, 6) is 1.34. The molecule has 0 spiro atoms. The van der Waals surface area contributed by atoms with Crippen molar-refractivity contribution in [2.75, 3.05) is 11.2 Å². The van der Waals surface area contributed by atoms with Crippen molar-refractivity contribution >= 4 is 28.3 Å². The molecule has 0 fully saturated rings. The van der Waals surface area contributed by atoms with Crippen LogP contribution in [0, 0.1) is 0 Å². The van der Waals surface area contributed by atoms with E-state index < -0.39 is 0 Å². The van der Waals surface area contributed by atoms with Gasteiger partial charge in [0.1, 0.15) is 5.82 Å². The van der Waals surface area contributed by atoms with Crippen LogP contribution in [0.3, 0.4) is 0 Å². The van der Waals surface area contributed by atoms with Crippen LogP contribution in [0.4, 0.5) is 5.13 Å². The average molecular weight is 282 g/mol. The standard InChI is InChI=1S/C13H16ClN3S/c1-3-11-15-12(18-17-11)16-13(2,9-14)10-7-5-4-6-8-10/h4-8H,3,9H2,1-2H3,(H,15,16,17). The van der Waals surface area contributed by atoms with E-state index in [9.17, 15) is 0 Å². The average Bonchev–Trinajstić information content (AvgIpc) is 2.87. The van der Waals surface area contributed by atoms with Crippen LogP contribution in [0.1, 0.15) is 25.2 Å². The molecule has 1 unspecified atom stereocenters. The van der Waals surface area contributed by atoms with Gasteiger partial charge in [-0.25, -0.2) is 4.98 Å². The summed E-state index contributed by atoms with van der Waals surface area (Å²) in [6, 6.07) is 10.2. The molecule has 96 valence electrons. The highest BCUT2D eigenvalue weighted by Crippen LogP contribution is 2.28. The van der Waals surface area contributed by atoms with Crippen molar-refractivity contribution in [1.29, 1.82) is 0 Å². The van der Waals surface area contributed by atoms with E-state index in [4.69, 9.17) is 11.6 Å². The Morgan fingerprint density at radius 1 is 1.33 bits per heavy atom. The quantitative estimate of drug-likeness (QED) is 0.850. The molecule has 1 aromatic carbocycles. The Kier molecular flexibility index (Phi) is 4.19. The number of aromatic nitrogens is 2. The van der Waals surface area contributed by atoms with Crippen molar-refractivity contribution < 1.29 is 0 Å². The van der Waals surface area contributed by atoms with Gasteiger partial charge >= 0.3 is 0 Å². The van der Waals surface area contributed by atoms with Crippen LogP contribution in [0.2, 0.25) is 0 Å². The molecule has 0 aliphatic heterocycles. The number of alkyl halides is 1. The van der Waals surface area contributed by atoms with E-state index in [1.165, 1.54) is 11.5 Å². The number of nitrogens with zero attached hydrogens (tertiary/aromatic N) is 2. The number of hydrogen-bond donors (Lipinski definition) is 1. The van der Waals surface area contributed by atoms with Crippen molar-refractivity contribution in [2.24, 2.45) is 0 Å². The number of aryl methyl sites for hydroxylation is 1. The zero-order valence-corrected chi connectivity index (χ0v) is 12.1. The third-order valence-corrected chi connectivity index (χ3v) is 4.05. The Bertz CT molecular complexity index is 500. The monoisotopic (exact) mass is 281 g/mol.